The minimum Gasteiger partial charge on any atom is -0.314 e. The Kier molecular flexibility index (Phi) is 4.35. The molecule has 0 aromatic heterocycles. The Bertz CT molecular complexity index is 414. The Hall–Kier alpha value is -1.37. The van der Waals surface area contributed by atoms with Crippen molar-refractivity contribution in [1.29, 1.82) is 5.26 Å². The van der Waals surface area contributed by atoms with Gasteiger partial charge in [-0.2, -0.15) is 5.26 Å². The number of hydrogen-bond acceptors (Lipinski definition) is 3. The van der Waals surface area contributed by atoms with Gasteiger partial charge in [-0.05, 0) is 37.6 Å². The highest BCUT2D eigenvalue weighted by Gasteiger charge is 2.28. The highest BCUT2D eigenvalue weighted by atomic mass is 15.2. The maximum atomic E-state index is 8.83. The fraction of sp³-hybridized carbons (Fsp3) is 0.533. The summed E-state index contributed by atoms with van der Waals surface area (Å²) in [7, 11) is 0. The first-order valence-corrected chi connectivity index (χ1v) is 6.72. The van der Waals surface area contributed by atoms with Crippen LogP contribution in [0.1, 0.15) is 37.4 Å². The lowest BCUT2D eigenvalue weighted by Gasteiger charge is -2.42. The molecule has 0 bridgehead atoms. The molecular formula is C15H21N3. The van der Waals surface area contributed by atoms with Crippen molar-refractivity contribution in [3.05, 3.63) is 35.4 Å². The van der Waals surface area contributed by atoms with Gasteiger partial charge in [0.15, 0.2) is 0 Å². The average molecular weight is 243 g/mol. The van der Waals surface area contributed by atoms with Crippen molar-refractivity contribution in [3.63, 3.8) is 0 Å². The molecule has 1 N–H and O–H groups in total. The summed E-state index contributed by atoms with van der Waals surface area (Å²) in [6.45, 7) is 7.81. The molecule has 3 heteroatoms. The van der Waals surface area contributed by atoms with Crippen LogP contribution in [0.3, 0.4) is 0 Å². The summed E-state index contributed by atoms with van der Waals surface area (Å²) in [6.07, 6.45) is 1.18. The van der Waals surface area contributed by atoms with E-state index in [1.807, 2.05) is 12.1 Å². The van der Waals surface area contributed by atoms with Crippen molar-refractivity contribution in [2.45, 2.75) is 32.4 Å². The molecule has 0 saturated carbocycles. The van der Waals surface area contributed by atoms with Crippen molar-refractivity contribution in [2.75, 3.05) is 19.6 Å². The molecule has 0 aliphatic carbocycles. The van der Waals surface area contributed by atoms with Gasteiger partial charge in [-0.25, -0.2) is 0 Å². The quantitative estimate of drug-likeness (QED) is 0.862. The minimum atomic E-state index is 0.421. The number of nitrogens with zero attached hydrogens (tertiary/aromatic N) is 2. The molecule has 1 atom stereocenters. The highest BCUT2D eigenvalue weighted by Crippen LogP contribution is 2.24. The van der Waals surface area contributed by atoms with E-state index >= 15 is 0 Å². The normalized spacial score (nSPS) is 17.2. The third-order valence-electron chi connectivity index (χ3n) is 3.73. The molecule has 1 aromatic carbocycles. The van der Waals surface area contributed by atoms with E-state index < -0.39 is 0 Å². The fourth-order valence-electron chi connectivity index (χ4n) is 2.49. The van der Waals surface area contributed by atoms with Crippen LogP contribution < -0.4 is 5.32 Å². The summed E-state index contributed by atoms with van der Waals surface area (Å²) < 4.78 is 0. The molecule has 0 spiro atoms. The lowest BCUT2D eigenvalue weighted by atomic mass is 10.0. The van der Waals surface area contributed by atoms with Gasteiger partial charge in [0.25, 0.3) is 0 Å². The smallest absolute Gasteiger partial charge is 0.0991 e. The van der Waals surface area contributed by atoms with Gasteiger partial charge < -0.3 is 5.32 Å². The van der Waals surface area contributed by atoms with Crippen molar-refractivity contribution in [2.24, 2.45) is 0 Å². The molecule has 1 saturated heterocycles. The van der Waals surface area contributed by atoms with Crippen LogP contribution in [0, 0.1) is 11.3 Å². The summed E-state index contributed by atoms with van der Waals surface area (Å²) in [4.78, 5) is 2.57. The minimum absolute atomic E-state index is 0.421. The first-order valence-electron chi connectivity index (χ1n) is 6.72. The molecular weight excluding hydrogens is 222 g/mol. The highest BCUT2D eigenvalue weighted by molar-refractivity contribution is 5.32. The second-order valence-electron chi connectivity index (χ2n) is 4.96. The number of rotatable bonds is 5. The third-order valence-corrected chi connectivity index (χ3v) is 3.73. The molecule has 1 unspecified atom stereocenters. The maximum Gasteiger partial charge on any atom is 0.0991 e. The van der Waals surface area contributed by atoms with Gasteiger partial charge in [-0.3, -0.25) is 4.90 Å². The Morgan fingerprint density at radius 3 is 2.50 bits per heavy atom. The van der Waals surface area contributed by atoms with E-state index in [2.05, 4.69) is 42.3 Å². The predicted octanol–water partition coefficient (Wildman–Crippen LogP) is 2.30. The molecule has 1 aliphatic rings. The Balaban J connectivity index is 2.10. The summed E-state index contributed by atoms with van der Waals surface area (Å²) in [5.74, 6) is 0. The van der Waals surface area contributed by atoms with E-state index in [0.717, 1.165) is 25.2 Å². The summed E-state index contributed by atoms with van der Waals surface area (Å²) >= 11 is 0. The van der Waals surface area contributed by atoms with Gasteiger partial charge in [0.2, 0.25) is 0 Å². The molecule has 96 valence electrons. The van der Waals surface area contributed by atoms with Crippen LogP contribution in [0.5, 0.6) is 0 Å². The van der Waals surface area contributed by atoms with Crippen molar-refractivity contribution in [1.82, 2.24) is 10.2 Å². The number of nitrogens with one attached hydrogen (secondary N) is 1. The van der Waals surface area contributed by atoms with E-state index in [1.54, 1.807) is 0 Å². The van der Waals surface area contributed by atoms with E-state index in [4.69, 9.17) is 5.26 Å². The second kappa shape index (κ2) is 5.99. The van der Waals surface area contributed by atoms with Crippen molar-refractivity contribution < 1.29 is 0 Å². The lowest BCUT2D eigenvalue weighted by Crippen LogP contribution is -2.57. The van der Waals surface area contributed by atoms with Gasteiger partial charge in [-0.15, -0.1) is 0 Å². The van der Waals surface area contributed by atoms with Crippen LogP contribution in [0.4, 0.5) is 0 Å². The Morgan fingerprint density at radius 2 is 2.06 bits per heavy atom. The predicted molar refractivity (Wildman–Crippen MR) is 73.2 cm³/mol. The number of benzene rings is 1. The summed E-state index contributed by atoms with van der Waals surface area (Å²) in [6, 6.07) is 11.2. The van der Waals surface area contributed by atoms with Gasteiger partial charge in [0.1, 0.15) is 0 Å². The van der Waals surface area contributed by atoms with Gasteiger partial charge in [0, 0.05) is 25.2 Å². The summed E-state index contributed by atoms with van der Waals surface area (Å²) in [5.41, 5.74) is 2.03. The van der Waals surface area contributed by atoms with Crippen LogP contribution >= 0.6 is 0 Å². The van der Waals surface area contributed by atoms with E-state index in [1.165, 1.54) is 12.0 Å². The van der Waals surface area contributed by atoms with Crippen LogP contribution in [-0.4, -0.2) is 30.6 Å². The van der Waals surface area contributed by atoms with E-state index in [0.29, 0.717) is 12.1 Å². The topological polar surface area (TPSA) is 39.1 Å². The largest absolute Gasteiger partial charge is 0.314 e. The first-order chi connectivity index (χ1) is 8.76. The molecule has 1 heterocycles. The van der Waals surface area contributed by atoms with Crippen molar-refractivity contribution in [3.8, 4) is 6.07 Å². The SMILES string of the molecule is CCCN(C1CNC1)C(C)c1ccc(C#N)cc1. The summed E-state index contributed by atoms with van der Waals surface area (Å²) in [5, 5.41) is 12.2. The molecule has 1 aliphatic heterocycles. The average Bonchev–Trinajstić information content (AvgIpc) is 2.35. The first kappa shape index (κ1) is 13.1. The molecule has 18 heavy (non-hydrogen) atoms. The van der Waals surface area contributed by atoms with Crippen LogP contribution in [-0.2, 0) is 0 Å². The second-order valence-corrected chi connectivity index (χ2v) is 4.96. The molecule has 3 nitrogen and oxygen atoms in total. The monoisotopic (exact) mass is 243 g/mol. The van der Waals surface area contributed by atoms with Crippen molar-refractivity contribution >= 4 is 0 Å². The van der Waals surface area contributed by atoms with Crippen LogP contribution in [0.15, 0.2) is 24.3 Å². The maximum absolute atomic E-state index is 8.83. The zero-order valence-electron chi connectivity index (χ0n) is 11.2. The number of hydrogen-bond donors (Lipinski definition) is 1. The van der Waals surface area contributed by atoms with E-state index in [9.17, 15) is 0 Å². The fourth-order valence-corrected chi connectivity index (χ4v) is 2.49. The molecule has 0 radical (unpaired) electrons. The van der Waals surface area contributed by atoms with E-state index in [-0.39, 0.29) is 0 Å². The standard InChI is InChI=1S/C15H21N3/c1-3-8-18(15-10-17-11-15)12(2)14-6-4-13(9-16)5-7-14/h4-7,12,15,17H,3,8,10-11H2,1-2H3. The Morgan fingerprint density at radius 1 is 1.39 bits per heavy atom. The molecule has 1 fully saturated rings. The molecule has 2 rings (SSSR count). The zero-order valence-corrected chi connectivity index (χ0v) is 11.2. The zero-order chi connectivity index (χ0) is 13.0. The van der Waals surface area contributed by atoms with Gasteiger partial charge in [0.05, 0.1) is 11.6 Å². The lowest BCUT2D eigenvalue weighted by molar-refractivity contribution is 0.103. The van der Waals surface area contributed by atoms with Gasteiger partial charge >= 0.3 is 0 Å². The number of nitriles is 1. The van der Waals surface area contributed by atoms with Crippen LogP contribution in [0.25, 0.3) is 0 Å². The molecule has 1 aromatic rings. The van der Waals surface area contributed by atoms with Gasteiger partial charge in [-0.1, -0.05) is 19.1 Å². The third kappa shape index (κ3) is 2.72. The molecule has 0 amide bonds. The Labute approximate surface area is 109 Å². The van der Waals surface area contributed by atoms with Crippen LogP contribution in [0.2, 0.25) is 0 Å².